The van der Waals surface area contributed by atoms with E-state index in [1.165, 1.54) is 4.88 Å². The van der Waals surface area contributed by atoms with Gasteiger partial charge in [-0.2, -0.15) is 0 Å². The van der Waals surface area contributed by atoms with Gasteiger partial charge in [0.05, 0.1) is 4.88 Å². The molecule has 1 N–H and O–H groups in total. The van der Waals surface area contributed by atoms with Crippen LogP contribution in [-0.4, -0.2) is 16.7 Å². The standard InChI is InChI=1S/C11H15N3S2/c1-8(2)6-12-7-10-13-14-11(16-10)9-4-3-5-15-9/h3-5,8,12H,6-7H2,1-2H3. The highest BCUT2D eigenvalue weighted by molar-refractivity contribution is 7.20. The van der Waals surface area contributed by atoms with E-state index in [2.05, 4.69) is 40.8 Å². The minimum atomic E-state index is 0.671. The summed E-state index contributed by atoms with van der Waals surface area (Å²) in [5.41, 5.74) is 0. The fourth-order valence-corrected chi connectivity index (χ4v) is 2.89. The van der Waals surface area contributed by atoms with Crippen molar-refractivity contribution >= 4 is 22.7 Å². The van der Waals surface area contributed by atoms with Gasteiger partial charge in [-0.25, -0.2) is 0 Å². The Bertz CT molecular complexity index is 420. The molecule has 2 rings (SSSR count). The van der Waals surface area contributed by atoms with Gasteiger partial charge in [0.25, 0.3) is 0 Å². The molecular weight excluding hydrogens is 238 g/mol. The van der Waals surface area contributed by atoms with Gasteiger partial charge >= 0.3 is 0 Å². The van der Waals surface area contributed by atoms with Crippen LogP contribution in [-0.2, 0) is 6.54 Å². The molecule has 2 heterocycles. The molecule has 16 heavy (non-hydrogen) atoms. The van der Waals surface area contributed by atoms with Crippen LogP contribution in [0.3, 0.4) is 0 Å². The third kappa shape index (κ3) is 3.10. The van der Waals surface area contributed by atoms with Crippen LogP contribution in [0.4, 0.5) is 0 Å². The second kappa shape index (κ2) is 5.52. The molecule has 3 nitrogen and oxygen atoms in total. The van der Waals surface area contributed by atoms with Crippen molar-refractivity contribution in [3.63, 3.8) is 0 Å². The molecule has 0 aliphatic carbocycles. The molecule has 86 valence electrons. The zero-order chi connectivity index (χ0) is 11.4. The fraction of sp³-hybridized carbons (Fsp3) is 0.455. The molecule has 0 saturated heterocycles. The third-order valence-electron chi connectivity index (χ3n) is 2.03. The molecule has 0 aliphatic rings. The van der Waals surface area contributed by atoms with Gasteiger partial charge in [-0.05, 0) is 23.9 Å². The summed E-state index contributed by atoms with van der Waals surface area (Å²) in [5.74, 6) is 0.671. The summed E-state index contributed by atoms with van der Waals surface area (Å²) in [6.07, 6.45) is 0. The predicted octanol–water partition coefficient (Wildman–Crippen LogP) is 3.01. The number of aromatic nitrogens is 2. The lowest BCUT2D eigenvalue weighted by Gasteiger charge is -2.03. The number of hydrogen-bond acceptors (Lipinski definition) is 5. The number of nitrogens with zero attached hydrogens (tertiary/aromatic N) is 2. The molecular formula is C11H15N3S2. The number of hydrogen-bond donors (Lipinski definition) is 1. The van der Waals surface area contributed by atoms with E-state index in [-0.39, 0.29) is 0 Å². The summed E-state index contributed by atoms with van der Waals surface area (Å²) < 4.78 is 0. The third-order valence-corrected chi connectivity index (χ3v) is 3.99. The van der Waals surface area contributed by atoms with E-state index in [9.17, 15) is 0 Å². The second-order valence-corrected chi connectivity index (χ2v) is 6.01. The fourth-order valence-electron chi connectivity index (χ4n) is 1.29. The molecule has 0 aromatic carbocycles. The molecule has 5 heteroatoms. The van der Waals surface area contributed by atoms with Crippen molar-refractivity contribution in [2.75, 3.05) is 6.54 Å². The van der Waals surface area contributed by atoms with Crippen molar-refractivity contribution in [3.05, 3.63) is 22.5 Å². The summed E-state index contributed by atoms with van der Waals surface area (Å²) in [7, 11) is 0. The Labute approximate surface area is 104 Å². The maximum atomic E-state index is 4.20. The van der Waals surface area contributed by atoms with Crippen LogP contribution in [0.25, 0.3) is 9.88 Å². The Hall–Kier alpha value is -0.780. The lowest BCUT2D eigenvalue weighted by Crippen LogP contribution is -2.18. The van der Waals surface area contributed by atoms with E-state index in [4.69, 9.17) is 0 Å². The molecule has 0 amide bonds. The van der Waals surface area contributed by atoms with Gasteiger partial charge < -0.3 is 5.32 Å². The van der Waals surface area contributed by atoms with Crippen LogP contribution in [0, 0.1) is 5.92 Å². The van der Waals surface area contributed by atoms with E-state index >= 15 is 0 Å². The first-order chi connectivity index (χ1) is 7.75. The Balaban J connectivity index is 1.93. The monoisotopic (exact) mass is 253 g/mol. The molecule has 0 spiro atoms. The number of nitrogens with one attached hydrogen (secondary N) is 1. The highest BCUT2D eigenvalue weighted by Gasteiger charge is 2.06. The zero-order valence-electron chi connectivity index (χ0n) is 9.43. The van der Waals surface area contributed by atoms with Crippen LogP contribution >= 0.6 is 22.7 Å². The smallest absolute Gasteiger partial charge is 0.157 e. The Morgan fingerprint density at radius 2 is 2.25 bits per heavy atom. The molecule has 0 atom stereocenters. The molecule has 0 saturated carbocycles. The Kier molecular flexibility index (Phi) is 4.04. The molecule has 0 radical (unpaired) electrons. The first kappa shape index (κ1) is 11.7. The van der Waals surface area contributed by atoms with E-state index in [1.807, 2.05) is 6.07 Å². The summed E-state index contributed by atoms with van der Waals surface area (Å²) in [4.78, 5) is 1.20. The number of thiophene rings is 1. The van der Waals surface area contributed by atoms with Crippen LogP contribution < -0.4 is 5.32 Å². The summed E-state index contributed by atoms with van der Waals surface area (Å²) >= 11 is 3.37. The van der Waals surface area contributed by atoms with Crippen LogP contribution in [0.2, 0.25) is 0 Å². The molecule has 0 aliphatic heterocycles. The Morgan fingerprint density at radius 3 is 2.94 bits per heavy atom. The minimum absolute atomic E-state index is 0.671. The maximum absolute atomic E-state index is 4.20. The van der Waals surface area contributed by atoms with Crippen molar-refractivity contribution in [1.29, 1.82) is 0 Å². The van der Waals surface area contributed by atoms with E-state index in [1.54, 1.807) is 22.7 Å². The SMILES string of the molecule is CC(C)CNCc1nnc(-c2cccs2)s1. The molecule has 2 aromatic rings. The summed E-state index contributed by atoms with van der Waals surface area (Å²) in [6, 6.07) is 4.12. The maximum Gasteiger partial charge on any atom is 0.157 e. The first-order valence-corrected chi connectivity index (χ1v) is 7.02. The predicted molar refractivity (Wildman–Crippen MR) is 69.8 cm³/mol. The topological polar surface area (TPSA) is 37.8 Å². The highest BCUT2D eigenvalue weighted by atomic mass is 32.1. The van der Waals surface area contributed by atoms with E-state index in [0.717, 1.165) is 23.1 Å². The van der Waals surface area contributed by atoms with Crippen molar-refractivity contribution in [3.8, 4) is 9.88 Å². The van der Waals surface area contributed by atoms with Crippen molar-refractivity contribution < 1.29 is 0 Å². The molecule has 0 fully saturated rings. The van der Waals surface area contributed by atoms with Gasteiger partial charge in [-0.1, -0.05) is 31.3 Å². The van der Waals surface area contributed by atoms with Crippen molar-refractivity contribution in [1.82, 2.24) is 15.5 Å². The second-order valence-electron chi connectivity index (χ2n) is 4.00. The summed E-state index contributed by atoms with van der Waals surface area (Å²) in [5, 5.41) is 15.9. The average Bonchev–Trinajstić information content (AvgIpc) is 2.85. The normalized spacial score (nSPS) is 11.2. The van der Waals surface area contributed by atoms with Gasteiger partial charge in [0.2, 0.25) is 0 Å². The summed E-state index contributed by atoms with van der Waals surface area (Å²) in [6.45, 7) is 6.24. The lowest BCUT2D eigenvalue weighted by molar-refractivity contribution is 0.550. The largest absolute Gasteiger partial charge is 0.310 e. The van der Waals surface area contributed by atoms with Gasteiger partial charge in [0.1, 0.15) is 5.01 Å². The van der Waals surface area contributed by atoms with Crippen LogP contribution in [0.5, 0.6) is 0 Å². The van der Waals surface area contributed by atoms with E-state index < -0.39 is 0 Å². The van der Waals surface area contributed by atoms with Crippen LogP contribution in [0.15, 0.2) is 17.5 Å². The van der Waals surface area contributed by atoms with E-state index in [0.29, 0.717) is 5.92 Å². The molecule has 0 bridgehead atoms. The highest BCUT2D eigenvalue weighted by Crippen LogP contribution is 2.27. The minimum Gasteiger partial charge on any atom is -0.310 e. The zero-order valence-corrected chi connectivity index (χ0v) is 11.1. The average molecular weight is 253 g/mol. The molecule has 0 unspecified atom stereocenters. The van der Waals surface area contributed by atoms with Crippen molar-refractivity contribution in [2.24, 2.45) is 5.92 Å². The first-order valence-electron chi connectivity index (χ1n) is 5.32. The lowest BCUT2D eigenvalue weighted by atomic mass is 10.2. The van der Waals surface area contributed by atoms with Gasteiger partial charge in [-0.15, -0.1) is 21.5 Å². The van der Waals surface area contributed by atoms with Crippen LogP contribution in [0.1, 0.15) is 18.9 Å². The van der Waals surface area contributed by atoms with Crippen molar-refractivity contribution in [2.45, 2.75) is 20.4 Å². The Morgan fingerprint density at radius 1 is 1.38 bits per heavy atom. The molecule has 2 aromatic heterocycles. The quantitative estimate of drug-likeness (QED) is 0.890. The number of rotatable bonds is 5. The van der Waals surface area contributed by atoms with Gasteiger partial charge in [0.15, 0.2) is 5.01 Å². The van der Waals surface area contributed by atoms with Gasteiger partial charge in [0, 0.05) is 6.54 Å². The van der Waals surface area contributed by atoms with Gasteiger partial charge in [-0.3, -0.25) is 0 Å².